The van der Waals surface area contributed by atoms with Crippen LogP contribution < -0.4 is 5.32 Å². The number of hydrogen-bond donors (Lipinski definition) is 1. The lowest BCUT2D eigenvalue weighted by Gasteiger charge is -2.04. The lowest BCUT2D eigenvalue weighted by Crippen LogP contribution is -2.12. The normalized spacial score (nSPS) is 9.94. The highest BCUT2D eigenvalue weighted by Gasteiger charge is 2.05. The lowest BCUT2D eigenvalue weighted by atomic mass is 10.2. The van der Waals surface area contributed by atoms with E-state index in [0.29, 0.717) is 17.1 Å². The molecule has 2 aromatic rings. The fraction of sp³-hybridized carbons (Fsp3) is 0.0833. The second-order valence-corrected chi connectivity index (χ2v) is 3.68. The first-order valence-corrected chi connectivity index (χ1v) is 5.54. The summed E-state index contributed by atoms with van der Waals surface area (Å²) in [6, 6.07) is 7.34. The summed E-state index contributed by atoms with van der Waals surface area (Å²) in [5, 5.41) is 2.75. The van der Waals surface area contributed by atoms with Crippen molar-refractivity contribution in [2.75, 3.05) is 5.32 Å². The van der Waals surface area contributed by atoms with E-state index >= 15 is 0 Å². The van der Waals surface area contributed by atoms with Gasteiger partial charge in [0.2, 0.25) is 0 Å². The number of anilines is 1. The number of alkyl halides is 1. The number of aromatic nitrogens is 2. The molecular formula is C12H10ClN3O. The maximum atomic E-state index is 11.8. The fourth-order valence-electron chi connectivity index (χ4n) is 1.30. The largest absolute Gasteiger partial charge is 0.322 e. The zero-order valence-electron chi connectivity index (χ0n) is 8.93. The van der Waals surface area contributed by atoms with E-state index in [1.54, 1.807) is 12.1 Å². The Labute approximate surface area is 104 Å². The highest BCUT2D eigenvalue weighted by atomic mass is 35.5. The van der Waals surface area contributed by atoms with Gasteiger partial charge in [-0.05, 0) is 17.7 Å². The van der Waals surface area contributed by atoms with Gasteiger partial charge in [-0.25, -0.2) is 9.97 Å². The summed E-state index contributed by atoms with van der Waals surface area (Å²) < 4.78 is 0. The van der Waals surface area contributed by atoms with Gasteiger partial charge in [-0.15, -0.1) is 11.6 Å². The van der Waals surface area contributed by atoms with Crippen molar-refractivity contribution in [3.63, 3.8) is 0 Å². The second-order valence-electron chi connectivity index (χ2n) is 3.41. The van der Waals surface area contributed by atoms with E-state index < -0.39 is 0 Å². The molecule has 0 aliphatic carbocycles. The van der Waals surface area contributed by atoms with Crippen LogP contribution in [-0.2, 0) is 5.88 Å². The van der Waals surface area contributed by atoms with E-state index in [1.165, 1.54) is 18.7 Å². The predicted octanol–water partition coefficient (Wildman–Crippen LogP) is 2.47. The number of rotatable bonds is 3. The molecule has 1 amide bonds. The minimum Gasteiger partial charge on any atom is -0.322 e. The van der Waals surface area contributed by atoms with E-state index in [2.05, 4.69) is 15.3 Å². The van der Waals surface area contributed by atoms with Crippen LogP contribution in [0, 0.1) is 0 Å². The maximum Gasteiger partial charge on any atom is 0.258 e. The van der Waals surface area contributed by atoms with Crippen molar-refractivity contribution in [2.24, 2.45) is 0 Å². The third-order valence-corrected chi connectivity index (χ3v) is 2.50. The first-order chi connectivity index (χ1) is 8.29. The van der Waals surface area contributed by atoms with Crippen LogP contribution in [0.25, 0.3) is 0 Å². The summed E-state index contributed by atoms with van der Waals surface area (Å²) >= 11 is 5.68. The number of amides is 1. The predicted molar refractivity (Wildman–Crippen MR) is 66.0 cm³/mol. The summed E-state index contributed by atoms with van der Waals surface area (Å²) in [5.41, 5.74) is 2.15. The number of hydrogen-bond acceptors (Lipinski definition) is 3. The SMILES string of the molecule is O=C(Nc1ccc(CCl)cc1)c1cncnc1. The van der Waals surface area contributed by atoms with Gasteiger partial charge in [0.05, 0.1) is 5.56 Å². The average molecular weight is 248 g/mol. The molecule has 0 bridgehead atoms. The lowest BCUT2D eigenvalue weighted by molar-refractivity contribution is 0.102. The van der Waals surface area contributed by atoms with Crippen molar-refractivity contribution in [3.05, 3.63) is 54.1 Å². The molecule has 5 heteroatoms. The summed E-state index contributed by atoms with van der Waals surface area (Å²) in [6.07, 6.45) is 4.32. The molecule has 0 atom stereocenters. The molecule has 0 saturated carbocycles. The van der Waals surface area contributed by atoms with Gasteiger partial charge in [0, 0.05) is 24.0 Å². The third-order valence-electron chi connectivity index (χ3n) is 2.19. The van der Waals surface area contributed by atoms with Gasteiger partial charge in [0.1, 0.15) is 6.33 Å². The van der Waals surface area contributed by atoms with Crippen LogP contribution in [0.5, 0.6) is 0 Å². The summed E-state index contributed by atoms with van der Waals surface area (Å²) in [5.74, 6) is 0.227. The molecule has 0 fully saturated rings. The van der Waals surface area contributed by atoms with Crippen LogP contribution in [0.4, 0.5) is 5.69 Å². The Hall–Kier alpha value is -1.94. The van der Waals surface area contributed by atoms with Crippen LogP contribution in [0.2, 0.25) is 0 Å². The van der Waals surface area contributed by atoms with Gasteiger partial charge in [-0.3, -0.25) is 4.79 Å². The quantitative estimate of drug-likeness (QED) is 0.848. The van der Waals surface area contributed by atoms with Crippen LogP contribution in [0.1, 0.15) is 15.9 Å². The van der Waals surface area contributed by atoms with Crippen LogP contribution >= 0.6 is 11.6 Å². The molecule has 0 radical (unpaired) electrons. The standard InChI is InChI=1S/C12H10ClN3O/c13-5-9-1-3-11(4-2-9)16-12(17)10-6-14-8-15-7-10/h1-4,6-8H,5H2,(H,16,17). The number of halogens is 1. The van der Waals surface area contributed by atoms with Crippen LogP contribution in [0.15, 0.2) is 43.0 Å². The zero-order chi connectivity index (χ0) is 12.1. The topological polar surface area (TPSA) is 54.9 Å². The van der Waals surface area contributed by atoms with Crippen molar-refractivity contribution < 1.29 is 4.79 Å². The van der Waals surface area contributed by atoms with Gasteiger partial charge < -0.3 is 5.32 Å². The summed E-state index contributed by atoms with van der Waals surface area (Å²) in [7, 11) is 0. The molecule has 4 nitrogen and oxygen atoms in total. The number of nitrogens with zero attached hydrogens (tertiary/aromatic N) is 2. The maximum absolute atomic E-state index is 11.8. The molecule has 0 aliphatic heterocycles. The third kappa shape index (κ3) is 3.01. The molecule has 2 rings (SSSR count). The minimum atomic E-state index is -0.232. The molecule has 1 aromatic heterocycles. The first-order valence-electron chi connectivity index (χ1n) is 5.01. The van der Waals surface area contributed by atoms with E-state index in [4.69, 9.17) is 11.6 Å². The van der Waals surface area contributed by atoms with Crippen molar-refractivity contribution in [1.82, 2.24) is 9.97 Å². The summed E-state index contributed by atoms with van der Waals surface area (Å²) in [4.78, 5) is 19.3. The molecule has 86 valence electrons. The van der Waals surface area contributed by atoms with Gasteiger partial charge in [-0.1, -0.05) is 12.1 Å². The van der Waals surface area contributed by atoms with Crippen LogP contribution in [0.3, 0.4) is 0 Å². The molecule has 17 heavy (non-hydrogen) atoms. The molecule has 1 aromatic carbocycles. The Morgan fingerprint density at radius 2 is 1.82 bits per heavy atom. The molecule has 0 aliphatic rings. The second kappa shape index (κ2) is 5.41. The Kier molecular flexibility index (Phi) is 3.67. The Balaban J connectivity index is 2.08. The molecule has 1 heterocycles. The number of benzene rings is 1. The minimum absolute atomic E-state index is 0.232. The fourth-order valence-corrected chi connectivity index (χ4v) is 1.47. The van der Waals surface area contributed by atoms with Gasteiger partial charge >= 0.3 is 0 Å². The Morgan fingerprint density at radius 1 is 1.18 bits per heavy atom. The Bertz CT molecular complexity index is 499. The molecule has 0 spiro atoms. The highest BCUT2D eigenvalue weighted by Crippen LogP contribution is 2.12. The van der Waals surface area contributed by atoms with E-state index in [0.717, 1.165) is 5.56 Å². The monoisotopic (exact) mass is 247 g/mol. The molecule has 0 saturated heterocycles. The van der Waals surface area contributed by atoms with Gasteiger partial charge in [-0.2, -0.15) is 0 Å². The molecular weight excluding hydrogens is 238 g/mol. The van der Waals surface area contributed by atoms with Crippen molar-refractivity contribution >= 4 is 23.2 Å². The number of nitrogens with one attached hydrogen (secondary N) is 1. The molecule has 0 unspecified atom stereocenters. The van der Waals surface area contributed by atoms with Gasteiger partial charge in [0.15, 0.2) is 0 Å². The molecule has 1 N–H and O–H groups in total. The Morgan fingerprint density at radius 3 is 2.41 bits per heavy atom. The summed E-state index contributed by atoms with van der Waals surface area (Å²) in [6.45, 7) is 0. The smallest absolute Gasteiger partial charge is 0.258 e. The van der Waals surface area contributed by atoms with E-state index in [-0.39, 0.29) is 5.91 Å². The highest BCUT2D eigenvalue weighted by molar-refractivity contribution is 6.17. The van der Waals surface area contributed by atoms with Crippen molar-refractivity contribution in [1.29, 1.82) is 0 Å². The zero-order valence-corrected chi connectivity index (χ0v) is 9.69. The van der Waals surface area contributed by atoms with Crippen molar-refractivity contribution in [2.45, 2.75) is 5.88 Å². The first kappa shape index (κ1) is 11.5. The van der Waals surface area contributed by atoms with Gasteiger partial charge in [0.25, 0.3) is 5.91 Å². The number of carbonyl (C=O) groups is 1. The van der Waals surface area contributed by atoms with Crippen LogP contribution in [-0.4, -0.2) is 15.9 Å². The van der Waals surface area contributed by atoms with E-state index in [9.17, 15) is 4.79 Å². The number of carbonyl (C=O) groups excluding carboxylic acids is 1. The van der Waals surface area contributed by atoms with E-state index in [1.807, 2.05) is 12.1 Å². The average Bonchev–Trinajstić information content (AvgIpc) is 2.40. The van der Waals surface area contributed by atoms with Crippen molar-refractivity contribution in [3.8, 4) is 0 Å².